The molecule has 1 aromatic rings. The minimum absolute atomic E-state index is 0. The standard InChI is InChI=1S/C14H21FN2O3.ClH/c1-16-5-6-17-14(18)11-3-4-13(15)12(9-11)10-20-8-7-19-2;/h3-4,9,16H,5-8,10H2,1-2H3,(H,17,18);1H. The molecule has 0 atom stereocenters. The number of benzene rings is 1. The van der Waals surface area contributed by atoms with E-state index in [1.54, 1.807) is 14.2 Å². The van der Waals surface area contributed by atoms with Crippen LogP contribution in [-0.2, 0) is 16.1 Å². The van der Waals surface area contributed by atoms with E-state index in [1.807, 2.05) is 0 Å². The average Bonchev–Trinajstić information content (AvgIpc) is 2.45. The summed E-state index contributed by atoms with van der Waals surface area (Å²) in [7, 11) is 3.37. The molecule has 1 rings (SSSR count). The van der Waals surface area contributed by atoms with E-state index in [0.29, 0.717) is 37.4 Å². The number of methoxy groups -OCH3 is 1. The lowest BCUT2D eigenvalue weighted by atomic mass is 10.1. The van der Waals surface area contributed by atoms with E-state index in [9.17, 15) is 9.18 Å². The zero-order valence-electron chi connectivity index (χ0n) is 12.3. The number of carbonyl (C=O) groups is 1. The van der Waals surface area contributed by atoms with Crippen LogP contribution in [0.3, 0.4) is 0 Å². The van der Waals surface area contributed by atoms with Crippen LogP contribution in [0.4, 0.5) is 4.39 Å². The van der Waals surface area contributed by atoms with Gasteiger partial charge in [-0.15, -0.1) is 12.4 Å². The molecule has 1 amide bonds. The second kappa shape index (κ2) is 11.4. The van der Waals surface area contributed by atoms with Gasteiger partial charge in [-0.1, -0.05) is 0 Å². The SMILES string of the molecule is CNCCNC(=O)c1ccc(F)c(COCCOC)c1.Cl. The number of hydrogen-bond acceptors (Lipinski definition) is 4. The van der Waals surface area contributed by atoms with E-state index in [0.717, 1.165) is 0 Å². The van der Waals surface area contributed by atoms with Crippen LogP contribution < -0.4 is 10.6 Å². The molecular formula is C14H22ClFN2O3. The zero-order valence-corrected chi connectivity index (χ0v) is 13.1. The van der Waals surface area contributed by atoms with Crippen molar-refractivity contribution in [3.8, 4) is 0 Å². The number of halogens is 2. The van der Waals surface area contributed by atoms with Gasteiger partial charge in [0.2, 0.25) is 0 Å². The quantitative estimate of drug-likeness (QED) is 0.675. The Morgan fingerprint density at radius 1 is 1.29 bits per heavy atom. The highest BCUT2D eigenvalue weighted by molar-refractivity contribution is 5.94. The van der Waals surface area contributed by atoms with Crippen molar-refractivity contribution in [1.29, 1.82) is 0 Å². The van der Waals surface area contributed by atoms with Crippen LogP contribution in [0.15, 0.2) is 18.2 Å². The van der Waals surface area contributed by atoms with Crippen LogP contribution in [0.25, 0.3) is 0 Å². The first kappa shape index (κ1) is 19.8. The van der Waals surface area contributed by atoms with Crippen molar-refractivity contribution < 1.29 is 18.7 Å². The van der Waals surface area contributed by atoms with Crippen LogP contribution in [0.2, 0.25) is 0 Å². The van der Waals surface area contributed by atoms with Gasteiger partial charge < -0.3 is 20.1 Å². The smallest absolute Gasteiger partial charge is 0.251 e. The first-order valence-corrected chi connectivity index (χ1v) is 6.47. The van der Waals surface area contributed by atoms with E-state index in [2.05, 4.69) is 10.6 Å². The predicted octanol–water partition coefficient (Wildman–Crippen LogP) is 1.36. The Morgan fingerprint density at radius 2 is 2.05 bits per heavy atom. The van der Waals surface area contributed by atoms with Gasteiger partial charge in [-0.05, 0) is 25.2 Å². The molecule has 0 saturated heterocycles. The Kier molecular flexibility index (Phi) is 10.8. The first-order chi connectivity index (χ1) is 9.69. The van der Waals surface area contributed by atoms with Crippen LogP contribution in [0.5, 0.6) is 0 Å². The largest absolute Gasteiger partial charge is 0.382 e. The molecule has 2 N–H and O–H groups in total. The number of ether oxygens (including phenoxy) is 2. The van der Waals surface area contributed by atoms with Gasteiger partial charge in [0, 0.05) is 31.3 Å². The summed E-state index contributed by atoms with van der Waals surface area (Å²) in [4.78, 5) is 11.8. The van der Waals surface area contributed by atoms with Crippen LogP contribution in [-0.4, -0.2) is 46.4 Å². The molecule has 0 aliphatic heterocycles. The maximum absolute atomic E-state index is 13.6. The normalized spacial score (nSPS) is 10.0. The summed E-state index contributed by atoms with van der Waals surface area (Å²) < 4.78 is 23.7. The fourth-order valence-electron chi connectivity index (χ4n) is 1.55. The molecular weight excluding hydrogens is 299 g/mol. The lowest BCUT2D eigenvalue weighted by molar-refractivity contribution is 0.0604. The third-order valence-corrected chi connectivity index (χ3v) is 2.66. The third kappa shape index (κ3) is 7.38. The van der Waals surface area contributed by atoms with Gasteiger partial charge >= 0.3 is 0 Å². The van der Waals surface area contributed by atoms with Gasteiger partial charge in [-0.3, -0.25) is 4.79 Å². The Hall–Kier alpha value is -1.21. The van der Waals surface area contributed by atoms with Gasteiger partial charge in [0.15, 0.2) is 0 Å². The second-order valence-corrected chi connectivity index (χ2v) is 4.21. The molecule has 0 spiro atoms. The van der Waals surface area contributed by atoms with Gasteiger partial charge in [-0.2, -0.15) is 0 Å². The van der Waals surface area contributed by atoms with Crippen LogP contribution >= 0.6 is 12.4 Å². The summed E-state index contributed by atoms with van der Waals surface area (Å²) in [6.45, 7) is 2.15. The van der Waals surface area contributed by atoms with Gasteiger partial charge in [0.25, 0.3) is 5.91 Å². The molecule has 0 fully saturated rings. The number of amides is 1. The van der Waals surface area contributed by atoms with E-state index in [4.69, 9.17) is 9.47 Å². The van der Waals surface area contributed by atoms with E-state index in [-0.39, 0.29) is 30.7 Å². The monoisotopic (exact) mass is 320 g/mol. The molecule has 0 aliphatic rings. The molecule has 0 radical (unpaired) electrons. The van der Waals surface area contributed by atoms with Crippen molar-refractivity contribution in [2.24, 2.45) is 0 Å². The van der Waals surface area contributed by atoms with Crippen LogP contribution in [0.1, 0.15) is 15.9 Å². The average molecular weight is 321 g/mol. The van der Waals surface area contributed by atoms with Crippen molar-refractivity contribution in [2.45, 2.75) is 6.61 Å². The van der Waals surface area contributed by atoms with Crippen LogP contribution in [0, 0.1) is 5.82 Å². The molecule has 0 bridgehead atoms. The minimum atomic E-state index is -0.380. The minimum Gasteiger partial charge on any atom is -0.382 e. The van der Waals surface area contributed by atoms with Crippen molar-refractivity contribution in [1.82, 2.24) is 10.6 Å². The maximum atomic E-state index is 13.6. The van der Waals surface area contributed by atoms with Crippen molar-refractivity contribution >= 4 is 18.3 Å². The fraction of sp³-hybridized carbons (Fsp3) is 0.500. The highest BCUT2D eigenvalue weighted by atomic mass is 35.5. The van der Waals surface area contributed by atoms with Gasteiger partial charge in [0.05, 0.1) is 19.8 Å². The molecule has 5 nitrogen and oxygen atoms in total. The highest BCUT2D eigenvalue weighted by Gasteiger charge is 2.09. The molecule has 0 aromatic heterocycles. The molecule has 0 saturated carbocycles. The van der Waals surface area contributed by atoms with Crippen molar-refractivity contribution in [3.63, 3.8) is 0 Å². The Labute approximate surface area is 130 Å². The second-order valence-electron chi connectivity index (χ2n) is 4.21. The number of nitrogens with one attached hydrogen (secondary N) is 2. The molecule has 21 heavy (non-hydrogen) atoms. The molecule has 0 aliphatic carbocycles. The molecule has 0 unspecified atom stereocenters. The lowest BCUT2D eigenvalue weighted by Crippen LogP contribution is -2.30. The topological polar surface area (TPSA) is 59.6 Å². The summed E-state index contributed by atoms with van der Waals surface area (Å²) in [5.41, 5.74) is 0.787. The highest BCUT2D eigenvalue weighted by Crippen LogP contribution is 2.12. The summed E-state index contributed by atoms with van der Waals surface area (Å²) in [5, 5.41) is 5.67. The maximum Gasteiger partial charge on any atom is 0.251 e. The summed E-state index contributed by atoms with van der Waals surface area (Å²) in [6, 6.07) is 4.25. The number of hydrogen-bond donors (Lipinski definition) is 2. The van der Waals surface area contributed by atoms with Gasteiger partial charge in [0.1, 0.15) is 5.82 Å². The lowest BCUT2D eigenvalue weighted by Gasteiger charge is -2.08. The zero-order chi connectivity index (χ0) is 14.8. The number of likely N-dealkylation sites (N-methyl/N-ethyl adjacent to an activating group) is 1. The third-order valence-electron chi connectivity index (χ3n) is 2.66. The Balaban J connectivity index is 0.00000400. The summed E-state index contributed by atoms with van der Waals surface area (Å²) >= 11 is 0. The van der Waals surface area contributed by atoms with E-state index in [1.165, 1.54) is 18.2 Å². The van der Waals surface area contributed by atoms with Crippen molar-refractivity contribution in [2.75, 3.05) is 40.5 Å². The summed E-state index contributed by atoms with van der Waals surface area (Å²) in [5.74, 6) is -0.604. The molecule has 120 valence electrons. The summed E-state index contributed by atoms with van der Waals surface area (Å²) in [6.07, 6.45) is 0. The number of carbonyl (C=O) groups excluding carboxylic acids is 1. The van der Waals surface area contributed by atoms with Gasteiger partial charge in [-0.25, -0.2) is 4.39 Å². The molecule has 1 aromatic carbocycles. The fourth-order valence-corrected chi connectivity index (χ4v) is 1.55. The molecule has 7 heteroatoms. The van der Waals surface area contributed by atoms with E-state index < -0.39 is 0 Å². The molecule has 0 heterocycles. The van der Waals surface area contributed by atoms with Crippen molar-refractivity contribution in [3.05, 3.63) is 35.1 Å². The first-order valence-electron chi connectivity index (χ1n) is 6.47. The Bertz CT molecular complexity index is 433. The Morgan fingerprint density at radius 3 is 2.71 bits per heavy atom. The van der Waals surface area contributed by atoms with E-state index >= 15 is 0 Å². The number of rotatable bonds is 9. The predicted molar refractivity (Wildman–Crippen MR) is 81.4 cm³/mol.